The first kappa shape index (κ1) is 19.7. The topological polar surface area (TPSA) is 68.0 Å². The van der Waals surface area contributed by atoms with Crippen molar-refractivity contribution in [2.75, 3.05) is 0 Å². The summed E-state index contributed by atoms with van der Waals surface area (Å²) in [4.78, 5) is 16.6. The number of hydrogen-bond donors (Lipinski definition) is 1. The van der Waals surface area contributed by atoms with Crippen molar-refractivity contribution in [2.24, 2.45) is 0 Å². The van der Waals surface area contributed by atoms with E-state index in [1.165, 1.54) is 11.6 Å². The van der Waals surface area contributed by atoms with Crippen molar-refractivity contribution in [3.8, 4) is 11.4 Å². The van der Waals surface area contributed by atoms with Gasteiger partial charge in [0.2, 0.25) is 17.6 Å². The quantitative estimate of drug-likeness (QED) is 0.644. The summed E-state index contributed by atoms with van der Waals surface area (Å²) >= 11 is 0. The first-order valence-corrected chi connectivity index (χ1v) is 9.41. The molecule has 5 nitrogen and oxygen atoms in total. The highest BCUT2D eigenvalue weighted by molar-refractivity contribution is 5.76. The van der Waals surface area contributed by atoms with Crippen molar-refractivity contribution in [1.82, 2.24) is 15.5 Å². The second-order valence-corrected chi connectivity index (χ2v) is 6.91. The molecule has 3 rings (SSSR count). The molecule has 0 saturated heterocycles. The number of aromatic nitrogens is 2. The lowest BCUT2D eigenvalue weighted by Crippen LogP contribution is -2.28. The zero-order valence-corrected chi connectivity index (χ0v) is 16.3. The lowest BCUT2D eigenvalue weighted by molar-refractivity contribution is -0.121. The van der Waals surface area contributed by atoms with Crippen LogP contribution >= 0.6 is 0 Å². The van der Waals surface area contributed by atoms with Crippen molar-refractivity contribution in [2.45, 2.75) is 46.1 Å². The van der Waals surface area contributed by atoms with Crippen LogP contribution in [0.1, 0.15) is 48.4 Å². The van der Waals surface area contributed by atoms with Gasteiger partial charge >= 0.3 is 0 Å². The minimum atomic E-state index is -0.315. The smallest absolute Gasteiger partial charge is 0.227 e. The molecule has 0 radical (unpaired) electrons. The van der Waals surface area contributed by atoms with Crippen molar-refractivity contribution < 1.29 is 13.7 Å². The highest BCUT2D eigenvalue weighted by Gasteiger charge is 2.15. The highest BCUT2D eigenvalue weighted by atomic mass is 19.1. The number of amides is 1. The molecule has 0 aliphatic heterocycles. The van der Waals surface area contributed by atoms with Crippen molar-refractivity contribution in [1.29, 1.82) is 0 Å². The van der Waals surface area contributed by atoms with Crippen LogP contribution in [0.4, 0.5) is 4.39 Å². The Balaban J connectivity index is 1.58. The average Bonchev–Trinajstić information content (AvgIpc) is 3.16. The van der Waals surface area contributed by atoms with Crippen LogP contribution in [0.3, 0.4) is 0 Å². The molecular formula is C22H24FN3O2. The number of aryl methyl sites for hydroxylation is 3. The van der Waals surface area contributed by atoms with E-state index in [-0.39, 0.29) is 24.2 Å². The molecule has 2 aromatic carbocycles. The van der Waals surface area contributed by atoms with Gasteiger partial charge in [-0.2, -0.15) is 4.98 Å². The normalized spacial score (nSPS) is 12.0. The molecule has 1 unspecified atom stereocenters. The maximum absolute atomic E-state index is 13.7. The molecule has 0 fully saturated rings. The number of hydrogen-bond acceptors (Lipinski definition) is 4. The minimum absolute atomic E-state index is 0.0260. The van der Waals surface area contributed by atoms with Crippen LogP contribution in [0.2, 0.25) is 0 Å². The number of benzene rings is 2. The molecule has 1 heterocycles. The van der Waals surface area contributed by atoms with Crippen LogP contribution in [0.25, 0.3) is 11.4 Å². The fourth-order valence-corrected chi connectivity index (χ4v) is 2.91. The molecule has 0 aliphatic carbocycles. The van der Waals surface area contributed by atoms with Gasteiger partial charge < -0.3 is 9.84 Å². The largest absolute Gasteiger partial charge is 0.349 e. The molecule has 28 heavy (non-hydrogen) atoms. The van der Waals surface area contributed by atoms with Gasteiger partial charge in [-0.25, -0.2) is 4.39 Å². The van der Waals surface area contributed by atoms with Crippen LogP contribution in [0.5, 0.6) is 0 Å². The Morgan fingerprint density at radius 1 is 1.18 bits per heavy atom. The molecule has 1 aromatic heterocycles. The molecule has 0 bridgehead atoms. The summed E-state index contributed by atoms with van der Waals surface area (Å²) in [5, 5.41) is 6.93. The summed E-state index contributed by atoms with van der Waals surface area (Å²) in [6.07, 6.45) is 1.38. The standard InChI is InChI=1S/C22H24FN3O2/c1-4-19(16-8-5-14(2)6-9-16)24-20(27)11-12-21-25-22(26-28-21)17-10-7-15(3)18(23)13-17/h5-10,13,19H,4,11-12H2,1-3H3,(H,24,27). The fourth-order valence-electron chi connectivity index (χ4n) is 2.91. The summed E-state index contributed by atoms with van der Waals surface area (Å²) in [6.45, 7) is 5.77. The van der Waals surface area contributed by atoms with Gasteiger partial charge in [0.05, 0.1) is 6.04 Å². The Hall–Kier alpha value is -3.02. The van der Waals surface area contributed by atoms with Crippen molar-refractivity contribution in [3.05, 3.63) is 70.9 Å². The Morgan fingerprint density at radius 3 is 2.61 bits per heavy atom. The Bertz CT molecular complexity index is 951. The summed E-state index contributed by atoms with van der Waals surface area (Å²) < 4.78 is 18.9. The minimum Gasteiger partial charge on any atom is -0.349 e. The third-order valence-electron chi connectivity index (χ3n) is 4.69. The Kier molecular flexibility index (Phi) is 6.19. The fraction of sp³-hybridized carbons (Fsp3) is 0.318. The van der Waals surface area contributed by atoms with Gasteiger partial charge in [0.1, 0.15) is 5.82 Å². The van der Waals surface area contributed by atoms with Gasteiger partial charge in [0.15, 0.2) is 0 Å². The molecule has 1 amide bonds. The number of rotatable bonds is 7. The van der Waals surface area contributed by atoms with Gasteiger partial charge in [-0.05, 0) is 37.5 Å². The van der Waals surface area contributed by atoms with E-state index in [1.807, 2.05) is 38.1 Å². The number of halogens is 1. The summed E-state index contributed by atoms with van der Waals surface area (Å²) in [7, 11) is 0. The van der Waals surface area contributed by atoms with E-state index < -0.39 is 0 Å². The van der Waals surface area contributed by atoms with Crippen LogP contribution in [-0.4, -0.2) is 16.0 Å². The second kappa shape index (κ2) is 8.78. The van der Waals surface area contributed by atoms with E-state index >= 15 is 0 Å². The first-order chi connectivity index (χ1) is 13.5. The zero-order valence-electron chi connectivity index (χ0n) is 16.3. The van der Waals surface area contributed by atoms with Gasteiger partial charge in [0, 0.05) is 18.4 Å². The summed E-state index contributed by atoms with van der Waals surface area (Å²) in [5.41, 5.74) is 3.38. The molecule has 3 aromatic rings. The van der Waals surface area contributed by atoms with Gasteiger partial charge in [0.25, 0.3) is 0 Å². The molecule has 0 saturated carbocycles. The summed E-state index contributed by atoms with van der Waals surface area (Å²) in [6, 6.07) is 12.9. The van der Waals surface area contributed by atoms with Gasteiger partial charge in [-0.1, -0.05) is 54.0 Å². The van der Waals surface area contributed by atoms with Crippen LogP contribution in [0.15, 0.2) is 47.0 Å². The molecule has 6 heteroatoms. The lowest BCUT2D eigenvalue weighted by atomic mass is 10.0. The predicted molar refractivity (Wildman–Crippen MR) is 105 cm³/mol. The third kappa shape index (κ3) is 4.82. The molecule has 0 spiro atoms. The monoisotopic (exact) mass is 381 g/mol. The molecule has 1 N–H and O–H groups in total. The van der Waals surface area contributed by atoms with E-state index in [2.05, 4.69) is 15.5 Å². The van der Waals surface area contributed by atoms with Crippen LogP contribution < -0.4 is 5.32 Å². The summed E-state index contributed by atoms with van der Waals surface area (Å²) in [5.74, 6) is 0.286. The van der Waals surface area contributed by atoms with Crippen molar-refractivity contribution in [3.63, 3.8) is 0 Å². The maximum Gasteiger partial charge on any atom is 0.227 e. The van der Waals surface area contributed by atoms with E-state index in [9.17, 15) is 9.18 Å². The van der Waals surface area contributed by atoms with E-state index in [1.54, 1.807) is 19.1 Å². The molecule has 1 atom stereocenters. The lowest BCUT2D eigenvalue weighted by Gasteiger charge is -2.17. The highest BCUT2D eigenvalue weighted by Crippen LogP contribution is 2.20. The van der Waals surface area contributed by atoms with E-state index in [4.69, 9.17) is 4.52 Å². The third-order valence-corrected chi connectivity index (χ3v) is 4.69. The van der Waals surface area contributed by atoms with Crippen molar-refractivity contribution >= 4 is 5.91 Å². The van der Waals surface area contributed by atoms with Crippen LogP contribution in [-0.2, 0) is 11.2 Å². The molecular weight excluding hydrogens is 357 g/mol. The SMILES string of the molecule is CCC(NC(=O)CCc1nc(-c2ccc(C)c(F)c2)no1)c1ccc(C)cc1. The number of nitrogens with one attached hydrogen (secondary N) is 1. The van der Waals surface area contributed by atoms with E-state index in [0.29, 0.717) is 29.3 Å². The van der Waals surface area contributed by atoms with Crippen LogP contribution in [0, 0.1) is 19.7 Å². The Morgan fingerprint density at radius 2 is 1.93 bits per heavy atom. The predicted octanol–water partition coefficient (Wildman–Crippen LogP) is 4.69. The van der Waals surface area contributed by atoms with Gasteiger partial charge in [-0.15, -0.1) is 0 Å². The Labute approximate surface area is 164 Å². The second-order valence-electron chi connectivity index (χ2n) is 6.91. The number of carbonyl (C=O) groups excluding carboxylic acids is 1. The van der Waals surface area contributed by atoms with E-state index in [0.717, 1.165) is 12.0 Å². The molecule has 146 valence electrons. The average molecular weight is 381 g/mol. The maximum atomic E-state index is 13.7. The van der Waals surface area contributed by atoms with Gasteiger partial charge in [-0.3, -0.25) is 4.79 Å². The number of nitrogens with zero attached hydrogens (tertiary/aromatic N) is 2. The molecule has 0 aliphatic rings. The zero-order chi connectivity index (χ0) is 20.1. The number of carbonyl (C=O) groups is 1. The first-order valence-electron chi connectivity index (χ1n) is 9.41.